The van der Waals surface area contributed by atoms with Gasteiger partial charge >= 0.3 is 6.18 Å². The third-order valence-corrected chi connectivity index (χ3v) is 5.63. The highest BCUT2D eigenvalue weighted by Gasteiger charge is 2.28. The molecule has 1 heterocycles. The lowest BCUT2D eigenvalue weighted by Crippen LogP contribution is -2.33. The molecule has 1 aromatic heterocycles. The van der Waals surface area contributed by atoms with Crippen LogP contribution in [-0.4, -0.2) is 37.9 Å². The van der Waals surface area contributed by atoms with Crippen LogP contribution in [0.4, 0.5) is 28.9 Å². The molecule has 0 saturated carbocycles. The minimum absolute atomic E-state index is 0.0417. The summed E-state index contributed by atoms with van der Waals surface area (Å²) >= 11 is 0. The second-order valence-corrected chi connectivity index (χ2v) is 8.47. The monoisotopic (exact) mass is 496 g/mol. The van der Waals surface area contributed by atoms with Crippen LogP contribution in [0.15, 0.2) is 71.8 Å². The first kappa shape index (κ1) is 24.6. The molecular weight excluding hydrogens is 480 g/mol. The zero-order valence-electron chi connectivity index (χ0n) is 17.1. The van der Waals surface area contributed by atoms with E-state index < -0.39 is 40.4 Å². The molecule has 2 amide bonds. The van der Waals surface area contributed by atoms with Crippen molar-refractivity contribution in [3.05, 3.63) is 83.9 Å². The molecule has 0 saturated heterocycles. The zero-order chi connectivity index (χ0) is 24.9. The molecule has 3 N–H and O–H groups in total. The molecule has 0 radical (unpaired) electrons. The van der Waals surface area contributed by atoms with Crippen LogP contribution in [0.5, 0.6) is 0 Å². The average Bonchev–Trinajstić information content (AvgIpc) is 2.79. The minimum Gasteiger partial charge on any atom is -0.343 e. The molecule has 178 valence electrons. The summed E-state index contributed by atoms with van der Waals surface area (Å²) in [6.45, 7) is -1.54. The van der Waals surface area contributed by atoms with E-state index in [1.807, 2.05) is 0 Å². The number of carbonyl (C=O) groups is 2. The minimum atomic E-state index is -4.60. The largest absolute Gasteiger partial charge is 0.405 e. The van der Waals surface area contributed by atoms with Crippen molar-refractivity contribution in [2.24, 2.45) is 0 Å². The number of hydrogen-bond donors (Lipinski definition) is 3. The van der Waals surface area contributed by atoms with Gasteiger partial charge < -0.3 is 10.6 Å². The number of pyridine rings is 1. The van der Waals surface area contributed by atoms with E-state index in [0.29, 0.717) is 0 Å². The standard InChI is InChI=1S/C21H16F4N4O4S/c22-14-6-9-16(28-20(31)17-3-1-2-10-26-17)18(11-14)29-34(32,33)15-7-4-13(5-8-15)19(30)27-12-21(23,24)25/h1-11,29H,12H2,(H,27,30)(H,28,31). The Hall–Kier alpha value is -4.00. The Labute approximate surface area is 191 Å². The number of rotatable bonds is 7. The van der Waals surface area contributed by atoms with E-state index in [9.17, 15) is 35.6 Å². The van der Waals surface area contributed by atoms with Crippen molar-refractivity contribution in [2.75, 3.05) is 16.6 Å². The van der Waals surface area contributed by atoms with Crippen molar-refractivity contribution >= 4 is 33.2 Å². The number of nitrogens with zero attached hydrogens (tertiary/aromatic N) is 1. The van der Waals surface area contributed by atoms with Crippen molar-refractivity contribution in [1.82, 2.24) is 10.3 Å². The summed E-state index contributed by atoms with van der Waals surface area (Å²) in [5.41, 5.74) is -0.489. The van der Waals surface area contributed by atoms with Crippen LogP contribution in [0.2, 0.25) is 0 Å². The van der Waals surface area contributed by atoms with Gasteiger partial charge in [0.2, 0.25) is 0 Å². The molecule has 0 atom stereocenters. The van der Waals surface area contributed by atoms with Gasteiger partial charge in [-0.15, -0.1) is 0 Å². The van der Waals surface area contributed by atoms with Crippen molar-refractivity contribution in [3.8, 4) is 0 Å². The normalized spacial score (nSPS) is 11.5. The number of alkyl halides is 3. The lowest BCUT2D eigenvalue weighted by molar-refractivity contribution is -0.123. The second-order valence-electron chi connectivity index (χ2n) is 6.79. The van der Waals surface area contributed by atoms with Gasteiger partial charge in [-0.2, -0.15) is 13.2 Å². The maximum atomic E-state index is 13.8. The lowest BCUT2D eigenvalue weighted by atomic mass is 10.2. The Morgan fingerprint density at radius 1 is 0.912 bits per heavy atom. The summed E-state index contributed by atoms with van der Waals surface area (Å²) in [4.78, 5) is 27.7. The van der Waals surface area contributed by atoms with Crippen LogP contribution >= 0.6 is 0 Å². The molecule has 2 aromatic carbocycles. The van der Waals surface area contributed by atoms with Crippen molar-refractivity contribution < 1.29 is 35.6 Å². The van der Waals surface area contributed by atoms with Crippen LogP contribution in [0, 0.1) is 5.82 Å². The number of aromatic nitrogens is 1. The molecule has 8 nitrogen and oxygen atoms in total. The first-order valence-corrected chi connectivity index (χ1v) is 10.9. The highest BCUT2D eigenvalue weighted by molar-refractivity contribution is 7.92. The van der Waals surface area contributed by atoms with Gasteiger partial charge in [-0.1, -0.05) is 6.07 Å². The smallest absolute Gasteiger partial charge is 0.343 e. The van der Waals surface area contributed by atoms with E-state index in [1.54, 1.807) is 17.4 Å². The van der Waals surface area contributed by atoms with E-state index >= 15 is 0 Å². The van der Waals surface area contributed by atoms with Crippen molar-refractivity contribution in [3.63, 3.8) is 0 Å². The van der Waals surface area contributed by atoms with Gasteiger partial charge in [0.15, 0.2) is 0 Å². The van der Waals surface area contributed by atoms with E-state index in [1.165, 1.54) is 12.3 Å². The third kappa shape index (κ3) is 6.51. The first-order chi connectivity index (χ1) is 15.9. The summed E-state index contributed by atoms with van der Waals surface area (Å²) in [6, 6.07) is 11.7. The van der Waals surface area contributed by atoms with Gasteiger partial charge in [0.05, 0.1) is 16.3 Å². The molecule has 0 spiro atoms. The van der Waals surface area contributed by atoms with E-state index in [4.69, 9.17) is 0 Å². The number of sulfonamides is 1. The van der Waals surface area contributed by atoms with Gasteiger partial charge in [-0.25, -0.2) is 12.8 Å². The number of anilines is 2. The van der Waals surface area contributed by atoms with Crippen LogP contribution in [0.25, 0.3) is 0 Å². The summed E-state index contributed by atoms with van der Waals surface area (Å²) in [5, 5.41) is 4.10. The molecule has 3 aromatic rings. The summed E-state index contributed by atoms with van der Waals surface area (Å²) < 4.78 is 78.2. The predicted molar refractivity (Wildman–Crippen MR) is 114 cm³/mol. The first-order valence-electron chi connectivity index (χ1n) is 9.44. The molecule has 0 unspecified atom stereocenters. The molecule has 34 heavy (non-hydrogen) atoms. The molecule has 3 rings (SSSR count). The van der Waals surface area contributed by atoms with E-state index in [2.05, 4.69) is 15.0 Å². The molecule has 13 heteroatoms. The Bertz CT molecular complexity index is 1300. The molecule has 0 aliphatic rings. The maximum absolute atomic E-state index is 13.8. The molecule has 0 aliphatic heterocycles. The fraction of sp³-hybridized carbons (Fsp3) is 0.0952. The molecular formula is C21H16F4N4O4S. The number of halogens is 4. The Balaban J connectivity index is 1.79. The number of nitrogens with one attached hydrogen (secondary N) is 3. The fourth-order valence-electron chi connectivity index (χ4n) is 2.67. The third-order valence-electron chi connectivity index (χ3n) is 4.25. The van der Waals surface area contributed by atoms with Gasteiger partial charge in [0, 0.05) is 17.8 Å². The Morgan fingerprint density at radius 2 is 1.62 bits per heavy atom. The molecule has 0 aliphatic carbocycles. The highest BCUT2D eigenvalue weighted by atomic mass is 32.2. The average molecular weight is 496 g/mol. The summed E-state index contributed by atoms with van der Waals surface area (Å²) in [6.07, 6.45) is -3.21. The van der Waals surface area contributed by atoms with Gasteiger partial charge in [-0.05, 0) is 48.5 Å². The topological polar surface area (TPSA) is 117 Å². The second kappa shape index (κ2) is 9.87. The van der Waals surface area contributed by atoms with E-state index in [-0.39, 0.29) is 27.5 Å². The quantitative estimate of drug-likeness (QED) is 0.433. The van der Waals surface area contributed by atoms with Crippen LogP contribution < -0.4 is 15.4 Å². The Kier molecular flexibility index (Phi) is 7.15. The summed E-state index contributed by atoms with van der Waals surface area (Å²) in [7, 11) is -4.33. The number of hydrogen-bond acceptors (Lipinski definition) is 5. The number of benzene rings is 2. The van der Waals surface area contributed by atoms with Crippen LogP contribution in [-0.2, 0) is 10.0 Å². The fourth-order valence-corrected chi connectivity index (χ4v) is 3.74. The van der Waals surface area contributed by atoms with Gasteiger partial charge in [0.1, 0.15) is 18.1 Å². The Morgan fingerprint density at radius 3 is 2.24 bits per heavy atom. The predicted octanol–water partition coefficient (Wildman–Crippen LogP) is 3.57. The number of amides is 2. The summed E-state index contributed by atoms with van der Waals surface area (Å²) in [5.74, 6) is -2.49. The SMILES string of the molecule is O=C(NCC(F)(F)F)c1ccc(S(=O)(=O)Nc2cc(F)ccc2NC(=O)c2ccccn2)cc1. The van der Waals surface area contributed by atoms with Gasteiger partial charge in [0.25, 0.3) is 21.8 Å². The van der Waals surface area contributed by atoms with Crippen molar-refractivity contribution in [2.45, 2.75) is 11.1 Å². The van der Waals surface area contributed by atoms with Gasteiger partial charge in [-0.3, -0.25) is 19.3 Å². The van der Waals surface area contributed by atoms with Crippen LogP contribution in [0.1, 0.15) is 20.8 Å². The maximum Gasteiger partial charge on any atom is 0.405 e. The van der Waals surface area contributed by atoms with E-state index in [0.717, 1.165) is 42.5 Å². The lowest BCUT2D eigenvalue weighted by Gasteiger charge is -2.14. The number of carbonyl (C=O) groups excluding carboxylic acids is 2. The van der Waals surface area contributed by atoms with Crippen LogP contribution in [0.3, 0.4) is 0 Å². The van der Waals surface area contributed by atoms with Crippen molar-refractivity contribution in [1.29, 1.82) is 0 Å². The highest BCUT2D eigenvalue weighted by Crippen LogP contribution is 2.26. The molecule has 0 fully saturated rings. The zero-order valence-corrected chi connectivity index (χ0v) is 17.9. The molecule has 0 bridgehead atoms.